The molecule has 2 aliphatic rings. The first kappa shape index (κ1) is 14.5. The minimum absolute atomic E-state index is 0.0428. The van der Waals surface area contributed by atoms with Crippen LogP contribution < -0.4 is 0 Å². The normalized spacial score (nSPS) is 28.6. The fourth-order valence-corrected chi connectivity index (χ4v) is 3.58. The number of rotatable bonds is 1. The Labute approximate surface area is 125 Å². The lowest BCUT2D eigenvalue weighted by molar-refractivity contribution is -0.185. The number of ether oxygens (including phenoxy) is 1. The molecule has 0 saturated carbocycles. The smallest absolute Gasteiger partial charge is 0.219 e. The molecule has 0 aliphatic carbocycles. The van der Waals surface area contributed by atoms with Gasteiger partial charge >= 0.3 is 0 Å². The van der Waals surface area contributed by atoms with Crippen LogP contribution in [0.25, 0.3) is 0 Å². The zero-order chi connectivity index (χ0) is 14.9. The predicted octanol–water partition coefficient (Wildman–Crippen LogP) is 2.28. The van der Waals surface area contributed by atoms with Crippen LogP contribution in [0.5, 0.6) is 0 Å². The maximum Gasteiger partial charge on any atom is 0.219 e. The first-order chi connectivity index (χ1) is 10.1. The number of carbonyl (C=O) groups excluding carboxylic acids is 1. The lowest BCUT2D eigenvalue weighted by Crippen LogP contribution is -2.51. The lowest BCUT2D eigenvalue weighted by atomic mass is 9.81. The summed E-state index contributed by atoms with van der Waals surface area (Å²) in [5, 5.41) is 10.3. The molecule has 0 bridgehead atoms. The van der Waals surface area contributed by atoms with E-state index in [0.29, 0.717) is 12.8 Å². The standard InChI is InChI=1S/C17H23NO3/c1-13(19)18-9-7-17(8-10-18)12-15(20)11-16(21-17)14-5-3-2-4-6-14/h2-6,15-16,20H,7-12H2,1H3/t15-,16+/m0/s1. The summed E-state index contributed by atoms with van der Waals surface area (Å²) < 4.78 is 6.40. The molecule has 1 spiro atoms. The Morgan fingerprint density at radius 3 is 2.57 bits per heavy atom. The van der Waals surface area contributed by atoms with E-state index in [2.05, 4.69) is 12.1 Å². The molecule has 4 heteroatoms. The van der Waals surface area contributed by atoms with Crippen LogP contribution >= 0.6 is 0 Å². The number of aliphatic hydroxyl groups excluding tert-OH is 1. The minimum atomic E-state index is -0.326. The summed E-state index contributed by atoms with van der Waals surface area (Å²) in [4.78, 5) is 13.3. The van der Waals surface area contributed by atoms with Gasteiger partial charge in [-0.3, -0.25) is 4.79 Å². The van der Waals surface area contributed by atoms with E-state index in [4.69, 9.17) is 4.74 Å². The van der Waals surface area contributed by atoms with Gasteiger partial charge in [0.05, 0.1) is 17.8 Å². The van der Waals surface area contributed by atoms with Gasteiger partial charge in [0.25, 0.3) is 0 Å². The summed E-state index contributed by atoms with van der Waals surface area (Å²) in [6.07, 6.45) is 2.59. The van der Waals surface area contributed by atoms with Crippen LogP contribution in [0.3, 0.4) is 0 Å². The number of hydrogen-bond donors (Lipinski definition) is 1. The minimum Gasteiger partial charge on any atom is -0.393 e. The van der Waals surface area contributed by atoms with E-state index >= 15 is 0 Å². The third kappa shape index (κ3) is 3.11. The molecule has 2 aliphatic heterocycles. The van der Waals surface area contributed by atoms with Crippen molar-refractivity contribution in [1.82, 2.24) is 4.90 Å². The Morgan fingerprint density at radius 2 is 1.95 bits per heavy atom. The number of likely N-dealkylation sites (tertiary alicyclic amines) is 1. The first-order valence-electron chi connectivity index (χ1n) is 7.74. The summed E-state index contributed by atoms with van der Waals surface area (Å²) in [6, 6.07) is 10.1. The van der Waals surface area contributed by atoms with Crippen LogP contribution in [-0.2, 0) is 9.53 Å². The predicted molar refractivity (Wildman–Crippen MR) is 79.7 cm³/mol. The SMILES string of the molecule is CC(=O)N1CCC2(CC1)C[C@@H](O)C[C@H](c1ccccc1)O2. The molecule has 4 nitrogen and oxygen atoms in total. The van der Waals surface area contributed by atoms with Crippen LogP contribution in [0.2, 0.25) is 0 Å². The van der Waals surface area contributed by atoms with Crippen molar-refractivity contribution in [3.05, 3.63) is 35.9 Å². The lowest BCUT2D eigenvalue weighted by Gasteiger charge is -2.48. The highest BCUT2D eigenvalue weighted by atomic mass is 16.5. The van der Waals surface area contributed by atoms with Gasteiger partial charge in [-0.15, -0.1) is 0 Å². The number of carbonyl (C=O) groups is 1. The van der Waals surface area contributed by atoms with Gasteiger partial charge in [0.1, 0.15) is 0 Å². The average Bonchev–Trinajstić information content (AvgIpc) is 2.48. The van der Waals surface area contributed by atoms with Crippen LogP contribution in [-0.4, -0.2) is 40.7 Å². The van der Waals surface area contributed by atoms with Gasteiger partial charge in [-0.1, -0.05) is 30.3 Å². The average molecular weight is 289 g/mol. The van der Waals surface area contributed by atoms with Crippen LogP contribution in [0, 0.1) is 0 Å². The van der Waals surface area contributed by atoms with Gasteiger partial charge in [-0.05, 0) is 18.4 Å². The third-order valence-electron chi connectivity index (χ3n) is 4.78. The van der Waals surface area contributed by atoms with Gasteiger partial charge in [-0.25, -0.2) is 0 Å². The largest absolute Gasteiger partial charge is 0.393 e. The van der Waals surface area contributed by atoms with E-state index in [1.54, 1.807) is 6.92 Å². The van der Waals surface area contributed by atoms with Gasteiger partial charge in [0.2, 0.25) is 5.91 Å². The Morgan fingerprint density at radius 1 is 1.29 bits per heavy atom. The van der Waals surface area contributed by atoms with Crippen molar-refractivity contribution < 1.29 is 14.6 Å². The molecule has 1 aromatic rings. The molecule has 2 atom stereocenters. The number of aliphatic hydroxyl groups is 1. The Bertz CT molecular complexity index is 494. The van der Waals surface area contributed by atoms with E-state index in [-0.39, 0.29) is 23.7 Å². The number of nitrogens with zero attached hydrogens (tertiary/aromatic N) is 1. The summed E-state index contributed by atoms with van der Waals surface area (Å²) in [7, 11) is 0. The van der Waals surface area contributed by atoms with Crippen LogP contribution in [0.1, 0.15) is 44.3 Å². The van der Waals surface area contributed by atoms with Crippen molar-refractivity contribution in [2.75, 3.05) is 13.1 Å². The van der Waals surface area contributed by atoms with Gasteiger partial charge < -0.3 is 14.7 Å². The summed E-state index contributed by atoms with van der Waals surface area (Å²) in [5.74, 6) is 0.126. The van der Waals surface area contributed by atoms with E-state index in [1.165, 1.54) is 0 Å². The highest BCUT2D eigenvalue weighted by molar-refractivity contribution is 5.73. The molecular formula is C17H23NO3. The second kappa shape index (κ2) is 5.78. The molecule has 1 aromatic carbocycles. The Balaban J connectivity index is 1.73. The van der Waals surface area contributed by atoms with Gasteiger partial charge in [0, 0.05) is 32.9 Å². The Kier molecular flexibility index (Phi) is 4.00. The topological polar surface area (TPSA) is 49.8 Å². The molecule has 1 amide bonds. The fourth-order valence-electron chi connectivity index (χ4n) is 3.58. The summed E-state index contributed by atoms with van der Waals surface area (Å²) in [5.41, 5.74) is 0.856. The number of hydrogen-bond acceptors (Lipinski definition) is 3. The molecule has 0 aromatic heterocycles. The molecule has 3 rings (SSSR count). The molecule has 2 heterocycles. The van der Waals surface area contributed by atoms with E-state index < -0.39 is 0 Å². The van der Waals surface area contributed by atoms with E-state index in [9.17, 15) is 9.90 Å². The highest BCUT2D eigenvalue weighted by Gasteiger charge is 2.43. The molecule has 0 unspecified atom stereocenters. The first-order valence-corrected chi connectivity index (χ1v) is 7.74. The van der Waals surface area contributed by atoms with Gasteiger partial charge in [0.15, 0.2) is 0 Å². The van der Waals surface area contributed by atoms with Crippen molar-refractivity contribution in [1.29, 1.82) is 0 Å². The summed E-state index contributed by atoms with van der Waals surface area (Å²) in [6.45, 7) is 3.06. The molecule has 2 saturated heterocycles. The van der Waals surface area contributed by atoms with Crippen molar-refractivity contribution in [3.63, 3.8) is 0 Å². The molecule has 21 heavy (non-hydrogen) atoms. The summed E-state index contributed by atoms with van der Waals surface area (Å²) >= 11 is 0. The van der Waals surface area contributed by atoms with Crippen molar-refractivity contribution in [3.8, 4) is 0 Å². The van der Waals surface area contributed by atoms with Crippen LogP contribution in [0.15, 0.2) is 30.3 Å². The van der Waals surface area contributed by atoms with E-state index in [1.807, 2.05) is 23.1 Å². The van der Waals surface area contributed by atoms with Crippen LogP contribution in [0.4, 0.5) is 0 Å². The highest BCUT2D eigenvalue weighted by Crippen LogP contribution is 2.42. The van der Waals surface area contributed by atoms with Gasteiger partial charge in [-0.2, -0.15) is 0 Å². The second-order valence-corrected chi connectivity index (χ2v) is 6.30. The quantitative estimate of drug-likeness (QED) is 0.863. The number of amides is 1. The second-order valence-electron chi connectivity index (χ2n) is 6.30. The molecule has 1 N–H and O–H groups in total. The maximum absolute atomic E-state index is 11.5. The molecular weight excluding hydrogens is 266 g/mol. The Hall–Kier alpha value is -1.39. The van der Waals surface area contributed by atoms with E-state index in [0.717, 1.165) is 31.5 Å². The fraction of sp³-hybridized carbons (Fsp3) is 0.588. The molecule has 2 fully saturated rings. The molecule has 114 valence electrons. The van der Waals surface area contributed by atoms with Crippen molar-refractivity contribution in [2.45, 2.75) is 50.4 Å². The van der Waals surface area contributed by atoms with Crippen molar-refractivity contribution >= 4 is 5.91 Å². The zero-order valence-electron chi connectivity index (χ0n) is 12.5. The zero-order valence-corrected chi connectivity index (χ0v) is 12.5. The maximum atomic E-state index is 11.5. The number of benzene rings is 1. The monoisotopic (exact) mass is 289 g/mol. The number of piperidine rings is 1. The third-order valence-corrected chi connectivity index (χ3v) is 4.78. The van der Waals surface area contributed by atoms with Crippen molar-refractivity contribution in [2.24, 2.45) is 0 Å². The molecule has 0 radical (unpaired) electrons.